The maximum atomic E-state index is 12.1. The number of sulfonamides is 1. The Morgan fingerprint density at radius 1 is 1.04 bits per heavy atom. The van der Waals surface area contributed by atoms with Crippen molar-refractivity contribution >= 4 is 15.8 Å². The highest BCUT2D eigenvalue weighted by Gasteiger charge is 2.20. The molecule has 27 heavy (non-hydrogen) atoms. The lowest BCUT2D eigenvalue weighted by Crippen LogP contribution is -2.19. The van der Waals surface area contributed by atoms with Crippen LogP contribution in [0.25, 0.3) is 0 Å². The molecule has 6 nitrogen and oxygen atoms in total. The van der Waals surface area contributed by atoms with Crippen LogP contribution in [-0.2, 0) is 15.4 Å². The first-order valence-corrected chi connectivity index (χ1v) is 10.6. The van der Waals surface area contributed by atoms with Gasteiger partial charge in [-0.25, -0.2) is 23.1 Å². The van der Waals surface area contributed by atoms with E-state index in [9.17, 15) is 8.42 Å². The molecule has 1 unspecified atom stereocenters. The number of nitrogens with zero attached hydrogens (tertiary/aromatic N) is 2. The Hall–Kier alpha value is -1.99. The van der Waals surface area contributed by atoms with Gasteiger partial charge in [0, 0.05) is 23.4 Å². The van der Waals surface area contributed by atoms with Gasteiger partial charge in [-0.05, 0) is 31.7 Å². The van der Waals surface area contributed by atoms with Gasteiger partial charge in [-0.1, -0.05) is 46.8 Å². The van der Waals surface area contributed by atoms with Gasteiger partial charge < -0.3 is 5.32 Å². The standard InChI is InChI=1S/C20H30N4O2S/c1-13(2)19-23-17(20(4,5)6)12-18(24-19)22-14(3)15-9-8-10-16(11-15)27(25,26)21-7/h8-14,21H,1-7H3,(H,22,23,24). The summed E-state index contributed by atoms with van der Waals surface area (Å²) in [6, 6.07) is 8.77. The minimum Gasteiger partial charge on any atom is -0.363 e. The zero-order valence-electron chi connectivity index (χ0n) is 17.2. The van der Waals surface area contributed by atoms with Crippen LogP contribution in [0.4, 0.5) is 5.82 Å². The second-order valence-corrected chi connectivity index (χ2v) is 9.93. The van der Waals surface area contributed by atoms with E-state index in [0.29, 0.717) is 0 Å². The van der Waals surface area contributed by atoms with Gasteiger partial charge in [-0.15, -0.1) is 0 Å². The van der Waals surface area contributed by atoms with Crippen molar-refractivity contribution in [1.82, 2.24) is 14.7 Å². The van der Waals surface area contributed by atoms with Gasteiger partial charge in [0.25, 0.3) is 0 Å². The summed E-state index contributed by atoms with van der Waals surface area (Å²) >= 11 is 0. The monoisotopic (exact) mass is 390 g/mol. The fourth-order valence-electron chi connectivity index (χ4n) is 2.56. The van der Waals surface area contributed by atoms with Crippen LogP contribution in [0.1, 0.15) is 70.6 Å². The maximum Gasteiger partial charge on any atom is 0.240 e. The van der Waals surface area contributed by atoms with Crippen molar-refractivity contribution in [3.63, 3.8) is 0 Å². The average molecular weight is 391 g/mol. The summed E-state index contributed by atoms with van der Waals surface area (Å²) in [5.74, 6) is 1.75. The molecule has 0 aliphatic heterocycles. The molecule has 0 bridgehead atoms. The number of aromatic nitrogens is 2. The van der Waals surface area contributed by atoms with Crippen LogP contribution in [0.2, 0.25) is 0 Å². The second kappa shape index (κ2) is 7.94. The number of nitrogens with one attached hydrogen (secondary N) is 2. The van der Waals surface area contributed by atoms with Gasteiger partial charge in [0.15, 0.2) is 0 Å². The van der Waals surface area contributed by atoms with Gasteiger partial charge in [-0.3, -0.25) is 0 Å². The third-order valence-electron chi connectivity index (χ3n) is 4.33. The fourth-order valence-corrected chi connectivity index (χ4v) is 3.34. The lowest BCUT2D eigenvalue weighted by Gasteiger charge is -2.22. The molecule has 0 aliphatic rings. The second-order valence-electron chi connectivity index (χ2n) is 8.05. The number of anilines is 1. The zero-order chi connectivity index (χ0) is 20.4. The Labute approximate surface area is 162 Å². The molecule has 0 saturated heterocycles. The van der Waals surface area contributed by atoms with Crippen LogP contribution in [0.3, 0.4) is 0 Å². The van der Waals surface area contributed by atoms with E-state index in [1.807, 2.05) is 19.1 Å². The van der Waals surface area contributed by atoms with Crippen molar-refractivity contribution in [3.8, 4) is 0 Å². The van der Waals surface area contributed by atoms with Gasteiger partial charge in [-0.2, -0.15) is 0 Å². The van der Waals surface area contributed by atoms with Crippen molar-refractivity contribution < 1.29 is 8.42 Å². The van der Waals surface area contributed by atoms with E-state index in [0.717, 1.165) is 22.9 Å². The largest absolute Gasteiger partial charge is 0.363 e. The minimum atomic E-state index is -3.47. The molecule has 7 heteroatoms. The molecule has 0 aliphatic carbocycles. The summed E-state index contributed by atoms with van der Waals surface area (Å²) in [6.45, 7) is 12.5. The molecular weight excluding hydrogens is 360 g/mol. The van der Waals surface area contributed by atoms with E-state index in [1.165, 1.54) is 7.05 Å². The van der Waals surface area contributed by atoms with Crippen LogP contribution >= 0.6 is 0 Å². The number of hydrogen-bond donors (Lipinski definition) is 2. The quantitative estimate of drug-likeness (QED) is 0.779. The molecule has 2 rings (SSSR count). The van der Waals surface area contributed by atoms with Crippen LogP contribution in [0.15, 0.2) is 35.2 Å². The molecule has 0 saturated carbocycles. The van der Waals surface area contributed by atoms with Crippen LogP contribution in [0.5, 0.6) is 0 Å². The molecule has 0 fully saturated rings. The van der Waals surface area contributed by atoms with Gasteiger partial charge in [0.1, 0.15) is 11.6 Å². The van der Waals surface area contributed by atoms with Gasteiger partial charge >= 0.3 is 0 Å². The molecule has 1 aromatic heterocycles. The third kappa shape index (κ3) is 5.26. The van der Waals surface area contributed by atoms with Crippen LogP contribution in [0, 0.1) is 0 Å². The molecule has 1 heterocycles. The summed E-state index contributed by atoms with van der Waals surface area (Å²) in [5.41, 5.74) is 1.75. The summed E-state index contributed by atoms with van der Waals surface area (Å²) in [5, 5.41) is 3.40. The van der Waals surface area contributed by atoms with E-state index in [1.54, 1.807) is 18.2 Å². The average Bonchev–Trinajstić information content (AvgIpc) is 2.60. The van der Waals surface area contributed by atoms with E-state index in [-0.39, 0.29) is 22.3 Å². The Kier molecular flexibility index (Phi) is 6.27. The number of benzene rings is 1. The normalized spacial score (nSPS) is 13.6. The van der Waals surface area contributed by atoms with Crippen molar-refractivity contribution in [2.75, 3.05) is 12.4 Å². The lowest BCUT2D eigenvalue weighted by molar-refractivity contribution is 0.558. The summed E-state index contributed by atoms with van der Waals surface area (Å²) in [7, 11) is -2.07. The first-order chi connectivity index (χ1) is 12.4. The Morgan fingerprint density at radius 2 is 1.70 bits per heavy atom. The van der Waals surface area contributed by atoms with Crippen molar-refractivity contribution in [1.29, 1.82) is 0 Å². The van der Waals surface area contributed by atoms with Crippen LogP contribution in [-0.4, -0.2) is 25.4 Å². The molecular formula is C20H30N4O2S. The Morgan fingerprint density at radius 3 is 2.26 bits per heavy atom. The van der Waals surface area contributed by atoms with Crippen molar-refractivity contribution in [2.24, 2.45) is 0 Å². The Balaban J connectivity index is 2.37. The predicted octanol–water partition coefficient (Wildman–Crippen LogP) is 3.98. The highest BCUT2D eigenvalue weighted by atomic mass is 32.2. The fraction of sp³-hybridized carbons (Fsp3) is 0.500. The highest BCUT2D eigenvalue weighted by molar-refractivity contribution is 7.89. The first kappa shape index (κ1) is 21.3. The first-order valence-electron chi connectivity index (χ1n) is 9.13. The number of rotatable bonds is 6. The molecule has 0 spiro atoms. The van der Waals surface area contributed by atoms with E-state index >= 15 is 0 Å². The van der Waals surface area contributed by atoms with E-state index in [2.05, 4.69) is 49.6 Å². The van der Waals surface area contributed by atoms with E-state index < -0.39 is 10.0 Å². The van der Waals surface area contributed by atoms with Crippen LogP contribution < -0.4 is 10.0 Å². The SMILES string of the molecule is CNS(=O)(=O)c1cccc(C(C)Nc2cc(C(C)(C)C)nc(C(C)C)n2)c1. The van der Waals surface area contributed by atoms with Gasteiger partial charge in [0.2, 0.25) is 10.0 Å². The summed E-state index contributed by atoms with van der Waals surface area (Å²) < 4.78 is 26.5. The molecule has 1 aromatic carbocycles. The predicted molar refractivity (Wildman–Crippen MR) is 110 cm³/mol. The smallest absolute Gasteiger partial charge is 0.240 e. The molecule has 0 amide bonds. The topological polar surface area (TPSA) is 84.0 Å². The molecule has 0 radical (unpaired) electrons. The molecule has 1 atom stereocenters. The third-order valence-corrected chi connectivity index (χ3v) is 5.74. The maximum absolute atomic E-state index is 12.1. The summed E-state index contributed by atoms with van der Waals surface area (Å²) in [4.78, 5) is 9.60. The van der Waals surface area contributed by atoms with Crippen molar-refractivity contribution in [3.05, 3.63) is 47.4 Å². The lowest BCUT2D eigenvalue weighted by atomic mass is 9.91. The summed E-state index contributed by atoms with van der Waals surface area (Å²) in [6.07, 6.45) is 0. The minimum absolute atomic E-state index is 0.0902. The zero-order valence-corrected chi connectivity index (χ0v) is 18.0. The molecule has 148 valence electrons. The van der Waals surface area contributed by atoms with E-state index in [4.69, 9.17) is 4.98 Å². The Bertz CT molecular complexity index is 902. The van der Waals surface area contributed by atoms with Crippen molar-refractivity contribution in [2.45, 2.75) is 63.8 Å². The highest BCUT2D eigenvalue weighted by Crippen LogP contribution is 2.27. The van der Waals surface area contributed by atoms with Gasteiger partial charge in [0.05, 0.1) is 10.6 Å². The molecule has 2 N–H and O–H groups in total. The molecule has 2 aromatic rings. The number of hydrogen-bond acceptors (Lipinski definition) is 5.